The van der Waals surface area contributed by atoms with E-state index in [2.05, 4.69) is 15.4 Å². The third kappa shape index (κ3) is 18.4. The Morgan fingerprint density at radius 3 is 1.65 bits per heavy atom. The normalized spacial score (nSPS) is 10.2. The summed E-state index contributed by atoms with van der Waals surface area (Å²) in [6.45, 7) is 0. The van der Waals surface area contributed by atoms with Gasteiger partial charge in [-0.3, -0.25) is 4.72 Å². The van der Waals surface area contributed by atoms with Crippen molar-refractivity contribution >= 4 is 41.1 Å². The molecule has 0 saturated heterocycles. The van der Waals surface area contributed by atoms with Crippen LogP contribution >= 0.6 is 10.7 Å². The van der Waals surface area contributed by atoms with Crippen LogP contribution in [0.15, 0.2) is 48.5 Å². The van der Waals surface area contributed by atoms with Gasteiger partial charge in [0.2, 0.25) is 19.1 Å². The summed E-state index contributed by atoms with van der Waals surface area (Å²) in [6.07, 6.45) is 1.94. The van der Waals surface area contributed by atoms with E-state index in [1.54, 1.807) is 12.1 Å². The third-order valence-corrected chi connectivity index (χ3v) is 2.58. The number of sulfonamides is 1. The number of nitrogen functional groups attached to an aromatic ring is 1. The van der Waals surface area contributed by atoms with Crippen molar-refractivity contribution in [2.75, 3.05) is 23.0 Å². The lowest BCUT2D eigenvalue weighted by Gasteiger charge is -2.01. The first-order valence-corrected chi connectivity index (χ1v) is 11.0. The maximum Gasteiger partial charge on any atom is 0.229 e. The minimum atomic E-state index is -3.31. The Kier molecular flexibility index (Phi) is 11.8. The van der Waals surface area contributed by atoms with E-state index in [1.165, 1.54) is 30.3 Å². The summed E-state index contributed by atoms with van der Waals surface area (Å²) in [6, 6.07) is 11.1. The summed E-state index contributed by atoms with van der Waals surface area (Å²) in [5.74, 6) is -0.756. The molecule has 0 spiro atoms. The van der Waals surface area contributed by atoms with Gasteiger partial charge in [0, 0.05) is 16.4 Å². The van der Waals surface area contributed by atoms with E-state index in [-0.39, 0.29) is 18.9 Å². The summed E-state index contributed by atoms with van der Waals surface area (Å²) in [7, 11) is -2.00. The molecule has 2 aromatic rings. The summed E-state index contributed by atoms with van der Waals surface area (Å²) in [5.41, 5.74) is 5.92. The first kappa shape index (κ1) is 26.3. The second-order valence-corrected chi connectivity index (χ2v) is 9.41. The van der Waals surface area contributed by atoms with Crippen LogP contribution in [-0.2, 0) is 19.1 Å². The Morgan fingerprint density at radius 1 is 0.923 bits per heavy atom. The van der Waals surface area contributed by atoms with Crippen LogP contribution in [0.1, 0.15) is 7.43 Å². The third-order valence-electron chi connectivity index (χ3n) is 1.98. The smallest absolute Gasteiger partial charge is 0.229 e. The Morgan fingerprint density at radius 2 is 1.35 bits per heavy atom. The fraction of sp³-hybridized carbons (Fsp3) is 0.200. The molecule has 0 heterocycles. The zero-order valence-corrected chi connectivity index (χ0v) is 15.7. The highest BCUT2D eigenvalue weighted by Gasteiger charge is 2.01. The first-order valence-electron chi connectivity index (χ1n) is 6.40. The Labute approximate surface area is 157 Å². The fourth-order valence-corrected chi connectivity index (χ4v) is 1.83. The van der Waals surface area contributed by atoms with E-state index in [0.29, 0.717) is 5.69 Å². The maximum absolute atomic E-state index is 12.5. The van der Waals surface area contributed by atoms with Gasteiger partial charge in [-0.15, -0.1) is 0 Å². The van der Waals surface area contributed by atoms with Gasteiger partial charge in [0.05, 0.1) is 18.2 Å². The summed E-state index contributed by atoms with van der Waals surface area (Å²) >= 11 is 0. The predicted molar refractivity (Wildman–Crippen MR) is 103 cm³/mol. The molecule has 0 atom stereocenters. The molecule has 2 rings (SSSR count). The number of halogens is 3. The van der Waals surface area contributed by atoms with Gasteiger partial charge in [-0.25, -0.2) is 25.6 Å². The molecule has 3 N–H and O–H groups in total. The predicted octanol–water partition coefficient (Wildman–Crippen LogP) is 3.43. The first-order chi connectivity index (χ1) is 11.3. The van der Waals surface area contributed by atoms with Gasteiger partial charge in [0.1, 0.15) is 11.6 Å². The van der Waals surface area contributed by atoms with E-state index >= 15 is 0 Å². The highest BCUT2D eigenvalue weighted by molar-refractivity contribution is 8.13. The Hall–Kier alpha value is -1.91. The fourth-order valence-electron chi connectivity index (χ4n) is 1.27. The molecule has 0 unspecified atom stereocenters. The highest BCUT2D eigenvalue weighted by Crippen LogP contribution is 2.09. The number of anilines is 2. The second-order valence-electron chi connectivity index (χ2n) is 4.62. The van der Waals surface area contributed by atoms with Crippen molar-refractivity contribution in [2.24, 2.45) is 0 Å². The van der Waals surface area contributed by atoms with Crippen LogP contribution < -0.4 is 10.5 Å². The van der Waals surface area contributed by atoms with Gasteiger partial charge in [-0.05, 0) is 36.4 Å². The summed E-state index contributed by atoms with van der Waals surface area (Å²) in [4.78, 5) is 0. The lowest BCUT2D eigenvalue weighted by molar-refractivity contribution is 0.606. The van der Waals surface area contributed by atoms with E-state index < -0.39 is 24.9 Å². The van der Waals surface area contributed by atoms with Crippen LogP contribution in [0.5, 0.6) is 0 Å². The lowest BCUT2D eigenvalue weighted by atomic mass is 10.3. The van der Waals surface area contributed by atoms with Crippen molar-refractivity contribution in [3.8, 4) is 0 Å². The minimum absolute atomic E-state index is 0. The van der Waals surface area contributed by atoms with Gasteiger partial charge in [-0.2, -0.15) is 0 Å². The van der Waals surface area contributed by atoms with Crippen molar-refractivity contribution in [3.05, 3.63) is 60.2 Å². The number of nitrogens with two attached hydrogens (primary N) is 1. The Balaban J connectivity index is 0. The van der Waals surface area contributed by atoms with Crippen LogP contribution in [0.3, 0.4) is 0 Å². The van der Waals surface area contributed by atoms with Crippen molar-refractivity contribution in [3.63, 3.8) is 0 Å². The van der Waals surface area contributed by atoms with E-state index in [4.69, 9.17) is 5.73 Å². The van der Waals surface area contributed by atoms with Gasteiger partial charge >= 0.3 is 0 Å². The van der Waals surface area contributed by atoms with Crippen molar-refractivity contribution in [1.82, 2.24) is 0 Å². The standard InChI is InChI=1S/C7H8FNO2S.C6H6FN.CH3ClO2S.CH4/c1-12(10,11)9-7-4-2-3-6(8)5-7;7-5-2-1-3-6(8)4-5;1-5(2,3)4;/h2-5,9H,1H3;1-4H,8H2;1H3;1H4. The number of nitrogens with one attached hydrogen (secondary N) is 1. The molecule has 0 aliphatic heterocycles. The largest absolute Gasteiger partial charge is 0.399 e. The van der Waals surface area contributed by atoms with E-state index in [0.717, 1.165) is 18.6 Å². The summed E-state index contributed by atoms with van der Waals surface area (Å²) in [5, 5.41) is 0. The molecule has 0 amide bonds. The topological polar surface area (TPSA) is 106 Å². The van der Waals surface area contributed by atoms with Gasteiger partial charge < -0.3 is 5.73 Å². The van der Waals surface area contributed by atoms with Crippen molar-refractivity contribution in [2.45, 2.75) is 7.43 Å². The Bertz CT molecular complexity index is 867. The van der Waals surface area contributed by atoms with E-state index in [9.17, 15) is 25.6 Å². The van der Waals surface area contributed by atoms with Crippen LogP contribution in [0.2, 0.25) is 0 Å². The van der Waals surface area contributed by atoms with Gasteiger partial charge in [0.25, 0.3) is 0 Å². The molecule has 0 saturated carbocycles. The average molecular weight is 431 g/mol. The number of hydrogen-bond donors (Lipinski definition) is 2. The lowest BCUT2D eigenvalue weighted by Crippen LogP contribution is -2.09. The molecular weight excluding hydrogens is 410 g/mol. The maximum atomic E-state index is 12.5. The molecule has 11 heteroatoms. The second kappa shape index (κ2) is 11.7. The zero-order valence-electron chi connectivity index (χ0n) is 13.3. The molecular formula is C15H21ClF2N2O4S2. The van der Waals surface area contributed by atoms with Crippen molar-refractivity contribution < 1.29 is 25.6 Å². The van der Waals surface area contributed by atoms with Crippen LogP contribution in [0.4, 0.5) is 20.2 Å². The molecule has 0 bridgehead atoms. The average Bonchev–Trinajstić information content (AvgIpc) is 2.34. The molecule has 0 fully saturated rings. The van der Waals surface area contributed by atoms with Gasteiger partial charge in [-0.1, -0.05) is 19.6 Å². The zero-order chi connectivity index (χ0) is 19.7. The van der Waals surface area contributed by atoms with Gasteiger partial charge in [0.15, 0.2) is 0 Å². The molecule has 0 aliphatic rings. The van der Waals surface area contributed by atoms with Crippen LogP contribution in [-0.4, -0.2) is 29.3 Å². The van der Waals surface area contributed by atoms with Crippen molar-refractivity contribution in [1.29, 1.82) is 0 Å². The van der Waals surface area contributed by atoms with E-state index in [1.807, 2.05) is 0 Å². The monoisotopic (exact) mass is 430 g/mol. The number of rotatable bonds is 2. The summed E-state index contributed by atoms with van der Waals surface area (Å²) < 4.78 is 66.9. The molecule has 6 nitrogen and oxygen atoms in total. The molecule has 148 valence electrons. The SMILES string of the molecule is C.CS(=O)(=O)Cl.CS(=O)(=O)Nc1cccc(F)c1.Nc1cccc(F)c1. The quantitative estimate of drug-likeness (QED) is 0.560. The molecule has 0 aromatic heterocycles. The van der Waals surface area contributed by atoms with Crippen LogP contribution in [0.25, 0.3) is 0 Å². The minimum Gasteiger partial charge on any atom is -0.399 e. The molecule has 0 aliphatic carbocycles. The molecule has 2 aromatic carbocycles. The number of hydrogen-bond acceptors (Lipinski definition) is 5. The highest BCUT2D eigenvalue weighted by atomic mass is 35.7. The molecule has 26 heavy (non-hydrogen) atoms. The van der Waals surface area contributed by atoms with Crippen LogP contribution in [0, 0.1) is 11.6 Å². The number of benzene rings is 2. The molecule has 0 radical (unpaired) electrons.